The number of nitrogens with one attached hydrogen (secondary N) is 1. The lowest BCUT2D eigenvalue weighted by molar-refractivity contribution is -0.159. The molecule has 2 aliphatic heterocycles. The molecule has 0 amide bonds. The van der Waals surface area contributed by atoms with Gasteiger partial charge in [0, 0.05) is 39.3 Å². The molecule has 0 spiro atoms. The Morgan fingerprint density at radius 1 is 1.22 bits per heavy atom. The molecular weight excluding hydrogens is 322 g/mol. The maximum atomic E-state index is 9.10. The van der Waals surface area contributed by atoms with Crippen molar-refractivity contribution in [1.29, 1.82) is 0 Å². The van der Waals surface area contributed by atoms with Crippen LogP contribution < -0.4 is 5.32 Å². The third kappa shape index (κ3) is 7.58. The molecule has 2 rings (SSSR count). The Kier molecular flexibility index (Phi) is 8.82. The smallest absolute Gasteiger partial charge is 0.414 e. The molecule has 2 heterocycles. The van der Waals surface area contributed by atoms with Gasteiger partial charge in [-0.1, -0.05) is 6.92 Å². The lowest BCUT2D eigenvalue weighted by Crippen LogP contribution is -2.52. The Morgan fingerprint density at radius 2 is 1.83 bits per heavy atom. The number of piperazine rings is 1. The first-order chi connectivity index (χ1) is 10.9. The monoisotopic (exact) mass is 347 g/mol. The van der Waals surface area contributed by atoms with Gasteiger partial charge in [0.15, 0.2) is 5.11 Å². The third-order valence-electron chi connectivity index (χ3n) is 3.79. The van der Waals surface area contributed by atoms with Gasteiger partial charge in [0.1, 0.15) is 0 Å². The normalized spacial score (nSPS) is 21.3. The predicted octanol–water partition coefficient (Wildman–Crippen LogP) is -0.167. The van der Waals surface area contributed by atoms with Crippen LogP contribution in [0.4, 0.5) is 0 Å². The highest BCUT2D eigenvalue weighted by atomic mass is 32.1. The molecule has 0 aromatic rings. The fourth-order valence-electron chi connectivity index (χ4n) is 2.39. The molecule has 2 aliphatic rings. The molecule has 0 aromatic heterocycles. The van der Waals surface area contributed by atoms with Gasteiger partial charge >= 0.3 is 11.9 Å². The van der Waals surface area contributed by atoms with Crippen LogP contribution in [0, 0.1) is 0 Å². The van der Waals surface area contributed by atoms with E-state index in [1.165, 1.54) is 12.8 Å². The molecule has 9 heteroatoms. The number of carbonyl (C=O) groups is 2. The topological polar surface area (TPSA) is 102 Å². The van der Waals surface area contributed by atoms with Crippen LogP contribution in [0.5, 0.6) is 0 Å². The molecule has 0 aromatic carbocycles. The highest BCUT2D eigenvalue weighted by Crippen LogP contribution is 2.10. The summed E-state index contributed by atoms with van der Waals surface area (Å²) < 4.78 is 5.58. The zero-order chi connectivity index (χ0) is 17.2. The first-order valence-corrected chi connectivity index (χ1v) is 8.17. The molecule has 0 radical (unpaired) electrons. The Balaban J connectivity index is 0.000000379. The van der Waals surface area contributed by atoms with Gasteiger partial charge in [0.05, 0.1) is 6.10 Å². The number of rotatable bonds is 3. The molecule has 8 nitrogen and oxygen atoms in total. The van der Waals surface area contributed by atoms with Crippen molar-refractivity contribution in [1.82, 2.24) is 15.1 Å². The number of hydrogen-bond donors (Lipinski definition) is 3. The van der Waals surface area contributed by atoms with Crippen molar-refractivity contribution in [3.8, 4) is 0 Å². The molecule has 0 aliphatic carbocycles. The number of ether oxygens (including phenoxy) is 1. The van der Waals surface area contributed by atoms with E-state index in [4.69, 9.17) is 36.8 Å². The maximum Gasteiger partial charge on any atom is 0.414 e. The molecule has 23 heavy (non-hydrogen) atoms. The number of likely N-dealkylation sites (N-methyl/N-ethyl adjacent to an activating group) is 1. The average Bonchev–Trinajstić information content (AvgIpc) is 3.06. The second-order valence-electron chi connectivity index (χ2n) is 5.35. The van der Waals surface area contributed by atoms with E-state index < -0.39 is 11.9 Å². The zero-order valence-electron chi connectivity index (χ0n) is 13.4. The van der Waals surface area contributed by atoms with Crippen LogP contribution >= 0.6 is 12.2 Å². The van der Waals surface area contributed by atoms with Crippen molar-refractivity contribution in [2.75, 3.05) is 45.9 Å². The van der Waals surface area contributed by atoms with E-state index in [2.05, 4.69) is 22.0 Å². The van der Waals surface area contributed by atoms with Gasteiger partial charge in [0.25, 0.3) is 0 Å². The number of carboxylic acids is 2. The minimum Gasteiger partial charge on any atom is -0.473 e. The summed E-state index contributed by atoms with van der Waals surface area (Å²) in [6.45, 7) is 9.47. The Morgan fingerprint density at radius 3 is 2.26 bits per heavy atom. The van der Waals surface area contributed by atoms with Crippen molar-refractivity contribution >= 4 is 29.3 Å². The summed E-state index contributed by atoms with van der Waals surface area (Å²) in [7, 11) is 0. The Bertz CT molecular complexity index is 395. The van der Waals surface area contributed by atoms with Gasteiger partial charge in [-0.15, -0.1) is 0 Å². The molecule has 1 unspecified atom stereocenters. The number of nitrogens with zero attached hydrogens (tertiary/aromatic N) is 2. The van der Waals surface area contributed by atoms with Gasteiger partial charge in [-0.25, -0.2) is 9.59 Å². The fourth-order valence-corrected chi connectivity index (χ4v) is 2.65. The van der Waals surface area contributed by atoms with Crippen LogP contribution in [0.25, 0.3) is 0 Å². The average molecular weight is 347 g/mol. The largest absolute Gasteiger partial charge is 0.473 e. The number of thiocarbonyl (C=S) groups is 1. The summed E-state index contributed by atoms with van der Waals surface area (Å²) in [6.07, 6.45) is 2.72. The van der Waals surface area contributed by atoms with Gasteiger partial charge in [-0.3, -0.25) is 0 Å². The van der Waals surface area contributed by atoms with Gasteiger partial charge in [-0.05, 0) is 31.6 Å². The zero-order valence-corrected chi connectivity index (χ0v) is 14.2. The fraction of sp³-hybridized carbons (Fsp3) is 0.786. The summed E-state index contributed by atoms with van der Waals surface area (Å²) in [4.78, 5) is 22.9. The minimum absolute atomic E-state index is 0.366. The first-order valence-electron chi connectivity index (χ1n) is 7.77. The molecule has 1 atom stereocenters. The van der Waals surface area contributed by atoms with Crippen LogP contribution in [0.1, 0.15) is 19.8 Å². The summed E-state index contributed by atoms with van der Waals surface area (Å²) in [6, 6.07) is 0. The summed E-state index contributed by atoms with van der Waals surface area (Å²) in [5.41, 5.74) is 0. The van der Waals surface area contributed by atoms with E-state index in [1.807, 2.05) is 0 Å². The van der Waals surface area contributed by atoms with Crippen molar-refractivity contribution in [2.45, 2.75) is 25.9 Å². The van der Waals surface area contributed by atoms with Crippen molar-refractivity contribution in [2.24, 2.45) is 0 Å². The first kappa shape index (κ1) is 19.6. The van der Waals surface area contributed by atoms with Gasteiger partial charge in [-0.2, -0.15) is 0 Å². The standard InChI is InChI=1S/C12H23N3OS.C2H2O4/c1-2-14-5-7-15(8-6-14)12(17)13-10-11-4-3-9-16-11;3-1(4)2(5)6/h11H,2-10H2,1H3,(H,13,17);(H,3,4)(H,5,6). The van der Waals surface area contributed by atoms with Crippen LogP contribution in [-0.2, 0) is 14.3 Å². The van der Waals surface area contributed by atoms with Crippen molar-refractivity contribution in [3.63, 3.8) is 0 Å². The van der Waals surface area contributed by atoms with Crippen molar-refractivity contribution < 1.29 is 24.5 Å². The van der Waals surface area contributed by atoms with E-state index in [0.29, 0.717) is 6.10 Å². The molecule has 132 valence electrons. The van der Waals surface area contributed by atoms with Crippen LogP contribution in [0.15, 0.2) is 0 Å². The summed E-state index contributed by atoms with van der Waals surface area (Å²) in [5.74, 6) is -3.65. The third-order valence-corrected chi connectivity index (χ3v) is 4.20. The van der Waals surface area contributed by atoms with Crippen LogP contribution in [-0.4, -0.2) is 89.0 Å². The molecule has 2 fully saturated rings. The predicted molar refractivity (Wildman–Crippen MR) is 88.5 cm³/mol. The SMILES string of the molecule is CCN1CCN(C(=S)NCC2CCCO2)CC1.O=C(O)C(=O)O. The molecular formula is C14H25N3O5S. The number of hydrogen-bond acceptors (Lipinski definition) is 5. The van der Waals surface area contributed by atoms with Gasteiger partial charge < -0.3 is 30.1 Å². The van der Waals surface area contributed by atoms with Crippen molar-refractivity contribution in [3.05, 3.63) is 0 Å². The Labute approximate surface area is 141 Å². The van der Waals surface area contributed by atoms with E-state index in [1.54, 1.807) is 0 Å². The van der Waals surface area contributed by atoms with Crippen LogP contribution in [0.3, 0.4) is 0 Å². The molecule has 0 bridgehead atoms. The lowest BCUT2D eigenvalue weighted by atomic mass is 10.2. The summed E-state index contributed by atoms with van der Waals surface area (Å²) in [5, 5.41) is 19.0. The van der Waals surface area contributed by atoms with E-state index in [9.17, 15) is 0 Å². The van der Waals surface area contributed by atoms with Gasteiger partial charge in [0.2, 0.25) is 0 Å². The van der Waals surface area contributed by atoms with E-state index >= 15 is 0 Å². The Hall–Kier alpha value is -1.45. The maximum absolute atomic E-state index is 9.10. The van der Waals surface area contributed by atoms with E-state index in [0.717, 1.165) is 51.0 Å². The van der Waals surface area contributed by atoms with Crippen LogP contribution in [0.2, 0.25) is 0 Å². The second-order valence-corrected chi connectivity index (χ2v) is 5.74. The number of carboxylic acid groups (broad SMARTS) is 2. The lowest BCUT2D eigenvalue weighted by Gasteiger charge is -2.35. The number of aliphatic carboxylic acids is 2. The summed E-state index contributed by atoms with van der Waals surface area (Å²) >= 11 is 5.42. The quantitative estimate of drug-likeness (QED) is 0.474. The van der Waals surface area contributed by atoms with E-state index in [-0.39, 0.29) is 0 Å². The minimum atomic E-state index is -1.82. The highest BCUT2D eigenvalue weighted by Gasteiger charge is 2.19. The molecule has 2 saturated heterocycles. The second kappa shape index (κ2) is 10.3. The highest BCUT2D eigenvalue weighted by molar-refractivity contribution is 7.80. The molecule has 0 saturated carbocycles. The molecule has 3 N–H and O–H groups in total.